The number of hydrogen-bond donors (Lipinski definition) is 1. The number of aromatic nitrogens is 4. The molecule has 0 aliphatic carbocycles. The van der Waals surface area contributed by atoms with Crippen molar-refractivity contribution >= 4 is 22.6 Å². The van der Waals surface area contributed by atoms with Gasteiger partial charge in [-0.2, -0.15) is 5.10 Å². The van der Waals surface area contributed by atoms with Crippen LogP contribution in [0.5, 0.6) is 5.75 Å². The Bertz CT molecular complexity index is 1470. The van der Waals surface area contributed by atoms with E-state index >= 15 is 0 Å². The third kappa shape index (κ3) is 4.81. The Hall–Kier alpha value is -4.14. The van der Waals surface area contributed by atoms with Gasteiger partial charge in [-0.05, 0) is 43.7 Å². The number of hydrogen-bond acceptors (Lipinski definition) is 6. The Morgan fingerprint density at radius 2 is 1.81 bits per heavy atom. The second kappa shape index (κ2) is 10.5. The quantitative estimate of drug-likeness (QED) is 0.416. The fraction of sp³-hybridized carbons (Fsp3) is 0.357. The number of amides is 1. The zero-order valence-electron chi connectivity index (χ0n) is 21.5. The summed E-state index contributed by atoms with van der Waals surface area (Å²) in [5.74, 6) is 0.889. The van der Waals surface area contributed by atoms with Gasteiger partial charge in [-0.25, -0.2) is 4.98 Å². The van der Waals surface area contributed by atoms with Crippen molar-refractivity contribution < 1.29 is 9.53 Å². The Balaban J connectivity index is 1.46. The first-order valence-electron chi connectivity index (χ1n) is 12.8. The molecule has 5 rings (SSSR count). The van der Waals surface area contributed by atoms with E-state index in [0.717, 1.165) is 31.6 Å². The molecule has 0 bridgehead atoms. The van der Waals surface area contributed by atoms with E-state index < -0.39 is 0 Å². The monoisotopic (exact) mass is 500 g/mol. The van der Waals surface area contributed by atoms with Crippen LogP contribution in [0.2, 0.25) is 0 Å². The van der Waals surface area contributed by atoms with Crippen molar-refractivity contribution in [2.75, 3.05) is 37.7 Å². The Labute approximate surface area is 215 Å². The first-order chi connectivity index (χ1) is 18.0. The highest BCUT2D eigenvalue weighted by Crippen LogP contribution is 2.30. The summed E-state index contributed by atoms with van der Waals surface area (Å²) in [6, 6.07) is 15.6. The lowest BCUT2D eigenvalue weighted by Gasteiger charge is -2.36. The Kier molecular flexibility index (Phi) is 6.94. The van der Waals surface area contributed by atoms with Gasteiger partial charge in [-0.3, -0.25) is 14.3 Å². The van der Waals surface area contributed by atoms with Crippen molar-refractivity contribution in [2.24, 2.45) is 7.05 Å². The van der Waals surface area contributed by atoms with E-state index in [4.69, 9.17) is 9.72 Å². The van der Waals surface area contributed by atoms with Gasteiger partial charge in [0.1, 0.15) is 17.1 Å². The summed E-state index contributed by atoms with van der Waals surface area (Å²) >= 11 is 0. The molecule has 0 saturated carbocycles. The number of carbonyl (C=O) groups is 1. The number of carbonyl (C=O) groups excluding carboxylic acids is 1. The third-order valence-electron chi connectivity index (χ3n) is 6.72. The molecule has 3 heterocycles. The molecule has 1 aliphatic heterocycles. The molecule has 192 valence electrons. The first kappa shape index (κ1) is 24.5. The van der Waals surface area contributed by atoms with Gasteiger partial charge in [0.15, 0.2) is 5.52 Å². The van der Waals surface area contributed by atoms with Crippen LogP contribution in [0.3, 0.4) is 0 Å². The van der Waals surface area contributed by atoms with Gasteiger partial charge in [0.25, 0.3) is 11.5 Å². The van der Waals surface area contributed by atoms with E-state index in [1.807, 2.05) is 30.0 Å². The number of rotatable bonds is 7. The normalized spacial score (nSPS) is 13.8. The van der Waals surface area contributed by atoms with Crippen LogP contribution in [0.1, 0.15) is 36.3 Å². The maximum atomic E-state index is 13.5. The molecule has 2 aromatic heterocycles. The summed E-state index contributed by atoms with van der Waals surface area (Å²) in [5.41, 5.74) is 3.83. The topological polar surface area (TPSA) is 96.3 Å². The SMILES string of the molecule is CCCc1nn(C)c2c(=O)[nH]c(-c3cc(C(=O)N4CCN(c5ccccc5)CC4)ccc3OCC)nc12. The summed E-state index contributed by atoms with van der Waals surface area (Å²) in [5, 5.41) is 4.51. The predicted molar refractivity (Wildman–Crippen MR) is 144 cm³/mol. The van der Waals surface area contributed by atoms with Gasteiger partial charge < -0.3 is 19.5 Å². The van der Waals surface area contributed by atoms with Gasteiger partial charge in [-0.1, -0.05) is 31.5 Å². The molecule has 2 aromatic carbocycles. The lowest BCUT2D eigenvalue weighted by Crippen LogP contribution is -2.48. The fourth-order valence-corrected chi connectivity index (χ4v) is 4.90. The number of aryl methyl sites for hydroxylation is 2. The van der Waals surface area contributed by atoms with E-state index in [-0.39, 0.29) is 11.5 Å². The minimum Gasteiger partial charge on any atom is -0.493 e. The fourth-order valence-electron chi connectivity index (χ4n) is 4.90. The van der Waals surface area contributed by atoms with Crippen LogP contribution in [-0.2, 0) is 13.5 Å². The second-order valence-electron chi connectivity index (χ2n) is 9.19. The van der Waals surface area contributed by atoms with Gasteiger partial charge in [-0.15, -0.1) is 0 Å². The molecule has 1 aliphatic rings. The maximum absolute atomic E-state index is 13.5. The van der Waals surface area contributed by atoms with Crippen molar-refractivity contribution in [2.45, 2.75) is 26.7 Å². The molecule has 1 amide bonds. The number of nitrogens with zero attached hydrogens (tertiary/aromatic N) is 5. The highest BCUT2D eigenvalue weighted by atomic mass is 16.5. The molecule has 1 N–H and O–H groups in total. The van der Waals surface area contributed by atoms with Gasteiger partial charge in [0.05, 0.1) is 17.9 Å². The van der Waals surface area contributed by atoms with Crippen LogP contribution in [-0.4, -0.2) is 63.3 Å². The number of H-pyrrole nitrogens is 1. The highest BCUT2D eigenvalue weighted by Gasteiger charge is 2.24. The largest absolute Gasteiger partial charge is 0.493 e. The first-order valence-corrected chi connectivity index (χ1v) is 12.8. The molecule has 4 aromatic rings. The number of nitrogens with one attached hydrogen (secondary N) is 1. The number of benzene rings is 2. The zero-order valence-corrected chi connectivity index (χ0v) is 21.5. The van der Waals surface area contributed by atoms with Crippen LogP contribution in [0.4, 0.5) is 5.69 Å². The molecule has 0 atom stereocenters. The van der Waals surface area contributed by atoms with Gasteiger partial charge in [0.2, 0.25) is 0 Å². The molecule has 9 nitrogen and oxygen atoms in total. The number of fused-ring (bicyclic) bond motifs is 1. The molecule has 0 spiro atoms. The second-order valence-corrected chi connectivity index (χ2v) is 9.19. The van der Waals surface area contributed by atoms with Gasteiger partial charge >= 0.3 is 0 Å². The van der Waals surface area contributed by atoms with Crippen LogP contribution in [0.15, 0.2) is 53.3 Å². The molecular formula is C28H32N6O3. The van der Waals surface area contributed by atoms with E-state index in [1.165, 1.54) is 5.69 Å². The highest BCUT2D eigenvalue weighted by molar-refractivity contribution is 5.96. The minimum absolute atomic E-state index is 0.0477. The Morgan fingerprint density at radius 1 is 1.05 bits per heavy atom. The molecule has 9 heteroatoms. The number of anilines is 1. The smallest absolute Gasteiger partial charge is 0.277 e. The van der Waals surface area contributed by atoms with Gasteiger partial charge in [0, 0.05) is 44.5 Å². The lowest BCUT2D eigenvalue weighted by molar-refractivity contribution is 0.0747. The Morgan fingerprint density at radius 3 is 2.51 bits per heavy atom. The van der Waals surface area contributed by atoms with Crippen LogP contribution in [0.25, 0.3) is 22.4 Å². The van der Waals surface area contributed by atoms with Crippen molar-refractivity contribution in [1.29, 1.82) is 0 Å². The average Bonchev–Trinajstić information content (AvgIpc) is 3.24. The van der Waals surface area contributed by atoms with E-state index in [9.17, 15) is 9.59 Å². The minimum atomic E-state index is -0.270. The molecule has 0 radical (unpaired) electrons. The van der Waals surface area contributed by atoms with Crippen LogP contribution in [0, 0.1) is 0 Å². The molecule has 0 unspecified atom stereocenters. The molecule has 1 fully saturated rings. The third-order valence-corrected chi connectivity index (χ3v) is 6.72. The van der Waals surface area contributed by atoms with Crippen molar-refractivity contribution in [3.05, 3.63) is 70.1 Å². The number of aromatic amines is 1. The summed E-state index contributed by atoms with van der Waals surface area (Å²) in [7, 11) is 1.75. The van der Waals surface area contributed by atoms with Crippen LogP contribution < -0.4 is 15.2 Å². The van der Waals surface area contributed by atoms with E-state index in [2.05, 4.69) is 34.0 Å². The average molecular weight is 501 g/mol. The molecular weight excluding hydrogens is 468 g/mol. The van der Waals surface area contributed by atoms with Crippen molar-refractivity contribution in [1.82, 2.24) is 24.6 Å². The summed E-state index contributed by atoms with van der Waals surface area (Å²) in [6.07, 6.45) is 1.61. The number of para-hydroxylation sites is 1. The van der Waals surface area contributed by atoms with E-state index in [1.54, 1.807) is 29.9 Å². The summed E-state index contributed by atoms with van der Waals surface area (Å²) < 4.78 is 7.43. The number of piperazine rings is 1. The van der Waals surface area contributed by atoms with Crippen molar-refractivity contribution in [3.63, 3.8) is 0 Å². The van der Waals surface area contributed by atoms with Crippen LogP contribution >= 0.6 is 0 Å². The molecule has 1 saturated heterocycles. The standard InChI is InChI=1S/C28H32N6O3/c1-4-9-22-24-25(32(3)31-22)27(35)30-26(29-24)21-18-19(12-13-23(21)37-5-2)28(36)34-16-14-33(15-17-34)20-10-7-6-8-11-20/h6-8,10-13,18H,4-5,9,14-17H2,1-3H3,(H,29,30,35). The van der Waals surface area contributed by atoms with E-state index in [0.29, 0.717) is 53.4 Å². The summed E-state index contributed by atoms with van der Waals surface area (Å²) in [6.45, 7) is 7.22. The molecule has 37 heavy (non-hydrogen) atoms. The lowest BCUT2D eigenvalue weighted by atomic mass is 10.1. The number of ether oxygens (including phenoxy) is 1. The predicted octanol–water partition coefficient (Wildman–Crippen LogP) is 3.64. The zero-order chi connectivity index (χ0) is 25.9. The maximum Gasteiger partial charge on any atom is 0.277 e. The summed E-state index contributed by atoms with van der Waals surface area (Å²) in [4.78, 5) is 38.3. The van der Waals surface area contributed by atoms with Crippen molar-refractivity contribution in [3.8, 4) is 17.1 Å².